The zero-order valence-electron chi connectivity index (χ0n) is 25.3. The molecule has 0 unspecified atom stereocenters. The van der Waals surface area contributed by atoms with E-state index in [1.165, 1.54) is 4.57 Å². The predicted octanol–water partition coefficient (Wildman–Crippen LogP) is 3.03. The molecule has 0 atom stereocenters. The molecule has 3 aromatic carbocycles. The summed E-state index contributed by atoms with van der Waals surface area (Å²) in [6.45, 7) is 0.971. The first-order valence-electron chi connectivity index (χ1n) is 14.5. The number of thioether (sulfide) groups is 1. The molecular weight excluding hydrogens is 616 g/mol. The van der Waals surface area contributed by atoms with Crippen molar-refractivity contribution in [2.24, 2.45) is 0 Å². The van der Waals surface area contributed by atoms with Crippen LogP contribution in [0.25, 0.3) is 10.9 Å². The Morgan fingerprint density at radius 2 is 1.57 bits per heavy atom. The van der Waals surface area contributed by atoms with Crippen LogP contribution in [0.4, 0.5) is 0 Å². The minimum absolute atomic E-state index is 0.0186. The highest BCUT2D eigenvalue weighted by atomic mass is 32.2. The Kier molecular flexibility index (Phi) is 9.33. The molecule has 46 heavy (non-hydrogen) atoms. The number of aromatic nitrogens is 2. The van der Waals surface area contributed by atoms with Crippen molar-refractivity contribution in [3.05, 3.63) is 70.0 Å². The van der Waals surface area contributed by atoms with Crippen LogP contribution >= 0.6 is 11.8 Å². The fraction of sp³-hybridized carbons (Fsp3) is 0.312. The SMILES string of the molecule is COc1ccc(CCNC(=O)CSc2nc3cc4c(cc3c(=O)n2CCC(=O)NCc2ccc3c(c2)OCO3)OCO4)cc1OC. The summed E-state index contributed by atoms with van der Waals surface area (Å²) >= 11 is 1.12. The zero-order chi connectivity index (χ0) is 32.0. The Morgan fingerprint density at radius 3 is 2.35 bits per heavy atom. The number of hydrogen-bond acceptors (Lipinski definition) is 11. The van der Waals surface area contributed by atoms with Crippen molar-refractivity contribution < 1.29 is 38.0 Å². The number of ether oxygens (including phenoxy) is 6. The molecule has 2 aliphatic heterocycles. The first-order chi connectivity index (χ1) is 22.4. The smallest absolute Gasteiger partial charge is 0.262 e. The van der Waals surface area contributed by atoms with Crippen LogP contribution in [-0.2, 0) is 29.1 Å². The zero-order valence-corrected chi connectivity index (χ0v) is 26.1. The summed E-state index contributed by atoms with van der Waals surface area (Å²) < 4.78 is 33.7. The van der Waals surface area contributed by atoms with E-state index in [-0.39, 0.29) is 56.2 Å². The number of rotatable bonds is 13. The maximum atomic E-state index is 13.7. The Hall–Kier alpha value is -5.11. The molecule has 3 heterocycles. The largest absolute Gasteiger partial charge is 0.493 e. The molecule has 1 aromatic heterocycles. The molecule has 4 aromatic rings. The quantitative estimate of drug-likeness (QED) is 0.163. The fourth-order valence-electron chi connectivity index (χ4n) is 5.01. The van der Waals surface area contributed by atoms with Gasteiger partial charge < -0.3 is 39.1 Å². The van der Waals surface area contributed by atoms with Gasteiger partial charge in [-0.05, 0) is 47.9 Å². The lowest BCUT2D eigenvalue weighted by atomic mass is 10.1. The normalized spacial score (nSPS) is 12.7. The summed E-state index contributed by atoms with van der Waals surface area (Å²) in [6.07, 6.45) is 0.609. The molecule has 14 heteroatoms. The van der Waals surface area contributed by atoms with Crippen molar-refractivity contribution in [1.82, 2.24) is 20.2 Å². The van der Waals surface area contributed by atoms with Gasteiger partial charge in [0.1, 0.15) is 0 Å². The van der Waals surface area contributed by atoms with Gasteiger partial charge >= 0.3 is 0 Å². The highest BCUT2D eigenvalue weighted by Gasteiger charge is 2.20. The van der Waals surface area contributed by atoms with E-state index in [4.69, 9.17) is 28.4 Å². The highest BCUT2D eigenvalue weighted by Crippen LogP contribution is 2.35. The first-order valence-corrected chi connectivity index (χ1v) is 15.5. The number of hydrogen-bond donors (Lipinski definition) is 2. The van der Waals surface area contributed by atoms with Crippen LogP contribution in [0.2, 0.25) is 0 Å². The average molecular weight is 649 g/mol. The van der Waals surface area contributed by atoms with Gasteiger partial charge in [-0.25, -0.2) is 4.98 Å². The molecule has 0 aliphatic carbocycles. The summed E-state index contributed by atoms with van der Waals surface area (Å²) in [4.78, 5) is 43.9. The number of carbonyl (C=O) groups is 2. The topological polar surface area (TPSA) is 148 Å². The molecule has 0 fully saturated rings. The summed E-state index contributed by atoms with van der Waals surface area (Å²) in [5.41, 5.74) is 1.90. The third-order valence-electron chi connectivity index (χ3n) is 7.42. The molecule has 240 valence electrons. The van der Waals surface area contributed by atoms with Crippen molar-refractivity contribution in [3.8, 4) is 34.5 Å². The lowest BCUT2D eigenvalue weighted by Gasteiger charge is -2.14. The minimum atomic E-state index is -0.344. The second-order valence-corrected chi connectivity index (χ2v) is 11.3. The number of amides is 2. The van der Waals surface area contributed by atoms with Gasteiger partial charge in [-0.2, -0.15) is 0 Å². The van der Waals surface area contributed by atoms with Gasteiger partial charge in [-0.1, -0.05) is 23.9 Å². The Bertz CT molecular complexity index is 1850. The van der Waals surface area contributed by atoms with Crippen LogP contribution in [0.5, 0.6) is 34.5 Å². The number of nitrogens with zero attached hydrogens (tertiary/aromatic N) is 2. The third-order valence-corrected chi connectivity index (χ3v) is 8.40. The van der Waals surface area contributed by atoms with Crippen molar-refractivity contribution in [3.63, 3.8) is 0 Å². The molecule has 2 N–H and O–H groups in total. The van der Waals surface area contributed by atoms with Crippen LogP contribution in [0.1, 0.15) is 17.5 Å². The molecule has 2 aliphatic rings. The number of carbonyl (C=O) groups excluding carboxylic acids is 2. The van der Waals surface area contributed by atoms with Crippen molar-refractivity contribution >= 4 is 34.5 Å². The van der Waals surface area contributed by atoms with Crippen LogP contribution in [0, 0.1) is 0 Å². The van der Waals surface area contributed by atoms with E-state index in [9.17, 15) is 14.4 Å². The standard InChI is InChI=1S/C32H32N4O9S/c1-40-23-5-3-19(11-25(23)41-2)7-9-33-30(38)16-46-32-35-22-14-28-27(44-18-45-28)13-21(22)31(39)36(32)10-8-29(37)34-15-20-4-6-24-26(12-20)43-17-42-24/h3-6,11-14H,7-10,15-18H2,1-2H3,(H,33,38)(H,34,37). The van der Waals surface area contributed by atoms with Gasteiger partial charge in [0.25, 0.3) is 5.56 Å². The van der Waals surface area contributed by atoms with E-state index < -0.39 is 0 Å². The fourth-order valence-corrected chi connectivity index (χ4v) is 5.87. The number of benzene rings is 3. The summed E-state index contributed by atoms with van der Waals surface area (Å²) in [5, 5.41) is 6.43. The van der Waals surface area contributed by atoms with E-state index in [1.54, 1.807) is 32.4 Å². The van der Waals surface area contributed by atoms with E-state index in [2.05, 4.69) is 15.6 Å². The first kappa shape index (κ1) is 30.9. The third kappa shape index (κ3) is 6.91. The Balaban J connectivity index is 1.11. The van der Waals surface area contributed by atoms with Gasteiger partial charge in [0.15, 0.2) is 39.7 Å². The van der Waals surface area contributed by atoms with E-state index in [0.29, 0.717) is 63.5 Å². The maximum Gasteiger partial charge on any atom is 0.262 e. The van der Waals surface area contributed by atoms with Gasteiger partial charge in [0, 0.05) is 32.1 Å². The molecule has 0 radical (unpaired) electrons. The molecule has 0 saturated heterocycles. The Morgan fingerprint density at radius 1 is 0.848 bits per heavy atom. The Labute approximate surface area is 268 Å². The van der Waals surface area contributed by atoms with Crippen molar-refractivity contribution in [1.29, 1.82) is 0 Å². The van der Waals surface area contributed by atoms with Gasteiger partial charge in [-0.3, -0.25) is 19.0 Å². The lowest BCUT2D eigenvalue weighted by Crippen LogP contribution is -2.30. The predicted molar refractivity (Wildman–Crippen MR) is 168 cm³/mol. The van der Waals surface area contributed by atoms with E-state index in [1.807, 2.05) is 30.3 Å². The molecule has 0 bridgehead atoms. The summed E-state index contributed by atoms with van der Waals surface area (Å²) in [7, 11) is 3.15. The molecule has 2 amide bonds. The molecule has 6 rings (SSSR count). The van der Waals surface area contributed by atoms with Crippen LogP contribution < -0.4 is 44.6 Å². The van der Waals surface area contributed by atoms with Crippen molar-refractivity contribution in [2.75, 3.05) is 40.1 Å². The highest BCUT2D eigenvalue weighted by molar-refractivity contribution is 7.99. The summed E-state index contributed by atoms with van der Waals surface area (Å²) in [6, 6.07) is 14.3. The monoisotopic (exact) mass is 648 g/mol. The second-order valence-electron chi connectivity index (χ2n) is 10.4. The van der Waals surface area contributed by atoms with Crippen molar-refractivity contribution in [2.45, 2.75) is 31.1 Å². The summed E-state index contributed by atoms with van der Waals surface area (Å²) in [5.74, 6) is 3.03. The van der Waals surface area contributed by atoms with E-state index in [0.717, 1.165) is 22.9 Å². The number of nitrogens with one attached hydrogen (secondary N) is 2. The molecule has 0 spiro atoms. The number of fused-ring (bicyclic) bond motifs is 3. The van der Waals surface area contributed by atoms with Crippen LogP contribution in [0.3, 0.4) is 0 Å². The average Bonchev–Trinajstić information content (AvgIpc) is 3.74. The lowest BCUT2D eigenvalue weighted by molar-refractivity contribution is -0.121. The van der Waals surface area contributed by atoms with Crippen LogP contribution in [-0.4, -0.2) is 61.5 Å². The van der Waals surface area contributed by atoms with E-state index >= 15 is 0 Å². The second kappa shape index (κ2) is 13.9. The van der Waals surface area contributed by atoms with Gasteiger partial charge in [-0.15, -0.1) is 0 Å². The minimum Gasteiger partial charge on any atom is -0.493 e. The van der Waals surface area contributed by atoms with Crippen LogP contribution in [0.15, 0.2) is 58.5 Å². The maximum absolute atomic E-state index is 13.7. The van der Waals surface area contributed by atoms with Gasteiger partial charge in [0.05, 0.1) is 30.9 Å². The van der Waals surface area contributed by atoms with Gasteiger partial charge in [0.2, 0.25) is 25.4 Å². The molecule has 13 nitrogen and oxygen atoms in total. The molecular formula is C32H32N4O9S. The molecule has 0 saturated carbocycles. The number of methoxy groups -OCH3 is 2.